The minimum absolute atomic E-state index is 0.347. The largest absolute Gasteiger partial charge is 0.391 e. The molecule has 1 saturated heterocycles. The Morgan fingerprint density at radius 2 is 1.68 bits per heavy atom. The van der Waals surface area contributed by atoms with Crippen molar-refractivity contribution in [2.24, 2.45) is 0 Å². The lowest BCUT2D eigenvalue weighted by Gasteiger charge is -2.19. The smallest absolute Gasteiger partial charge is 0.268 e. The zero-order valence-electron chi connectivity index (χ0n) is 17.6. The highest BCUT2D eigenvalue weighted by atomic mass is 16.5. The van der Waals surface area contributed by atoms with Crippen LogP contribution in [0.25, 0.3) is 11.1 Å². The molecule has 166 valence electrons. The molecule has 0 bridgehead atoms. The van der Waals surface area contributed by atoms with E-state index in [0.717, 1.165) is 50.4 Å². The van der Waals surface area contributed by atoms with Gasteiger partial charge < -0.3 is 15.2 Å². The second-order valence-corrected chi connectivity index (χ2v) is 7.68. The summed E-state index contributed by atoms with van der Waals surface area (Å²) < 4.78 is 5.50. The van der Waals surface area contributed by atoms with Crippen molar-refractivity contribution < 1.29 is 24.6 Å². The summed E-state index contributed by atoms with van der Waals surface area (Å²) in [5.74, 6) is -1.40. The van der Waals surface area contributed by atoms with Crippen molar-refractivity contribution in [2.45, 2.75) is 32.0 Å². The maximum atomic E-state index is 12.4. The number of carbonyl (C=O) groups excluding carboxylic acids is 2. The highest BCUT2D eigenvalue weighted by molar-refractivity contribution is 5.97. The molecule has 2 aromatic carbocycles. The molecule has 3 rings (SSSR count). The van der Waals surface area contributed by atoms with Gasteiger partial charge in [0.05, 0.1) is 12.7 Å². The molecule has 1 aliphatic heterocycles. The lowest BCUT2D eigenvalue weighted by atomic mass is 10.0. The molecule has 2 atom stereocenters. The topological polar surface area (TPSA) is 111 Å². The summed E-state index contributed by atoms with van der Waals surface area (Å²) in [6, 6.07) is 14.1. The third-order valence-electron chi connectivity index (χ3n) is 5.32. The van der Waals surface area contributed by atoms with E-state index in [-0.39, 0.29) is 0 Å². The SMILES string of the molecule is CC(O)[C@H](NC(=O)c1ccc(-c2ccc(CN3CCCOCC3)cc2)cc1)C(=O)NO. The average molecular weight is 428 g/mol. The third kappa shape index (κ3) is 6.35. The van der Waals surface area contributed by atoms with E-state index >= 15 is 0 Å². The highest BCUT2D eigenvalue weighted by Crippen LogP contribution is 2.21. The first-order valence-electron chi connectivity index (χ1n) is 10.4. The summed E-state index contributed by atoms with van der Waals surface area (Å²) in [5.41, 5.74) is 5.04. The van der Waals surface area contributed by atoms with Crippen molar-refractivity contribution in [3.63, 3.8) is 0 Å². The van der Waals surface area contributed by atoms with E-state index < -0.39 is 24.0 Å². The zero-order chi connectivity index (χ0) is 22.2. The van der Waals surface area contributed by atoms with Crippen LogP contribution in [0.4, 0.5) is 0 Å². The van der Waals surface area contributed by atoms with Gasteiger partial charge >= 0.3 is 0 Å². The first kappa shape index (κ1) is 22.9. The van der Waals surface area contributed by atoms with Gasteiger partial charge in [0.15, 0.2) is 0 Å². The number of aliphatic hydroxyl groups excluding tert-OH is 1. The molecule has 1 aliphatic rings. The molecule has 31 heavy (non-hydrogen) atoms. The summed E-state index contributed by atoms with van der Waals surface area (Å²) in [6.07, 6.45) is -0.101. The summed E-state index contributed by atoms with van der Waals surface area (Å²) in [5, 5.41) is 20.8. The molecule has 1 fully saturated rings. The number of benzene rings is 2. The summed E-state index contributed by atoms with van der Waals surface area (Å²) in [6.45, 7) is 5.85. The summed E-state index contributed by atoms with van der Waals surface area (Å²) in [4.78, 5) is 26.4. The van der Waals surface area contributed by atoms with Crippen molar-refractivity contribution in [3.05, 3.63) is 59.7 Å². The molecule has 2 amide bonds. The molecule has 4 N–H and O–H groups in total. The maximum absolute atomic E-state index is 12.4. The Balaban J connectivity index is 1.62. The van der Waals surface area contributed by atoms with E-state index in [9.17, 15) is 14.7 Å². The molecule has 8 heteroatoms. The number of nitrogens with zero attached hydrogens (tertiary/aromatic N) is 1. The minimum atomic E-state index is -1.25. The Morgan fingerprint density at radius 1 is 1.03 bits per heavy atom. The van der Waals surface area contributed by atoms with Crippen LogP contribution in [-0.2, 0) is 16.1 Å². The fraction of sp³-hybridized carbons (Fsp3) is 0.391. The van der Waals surface area contributed by atoms with Crippen molar-refractivity contribution in [2.75, 3.05) is 26.3 Å². The second-order valence-electron chi connectivity index (χ2n) is 7.68. The van der Waals surface area contributed by atoms with Crippen molar-refractivity contribution >= 4 is 11.8 Å². The predicted octanol–water partition coefficient (Wildman–Crippen LogP) is 1.56. The van der Waals surface area contributed by atoms with Gasteiger partial charge in [-0.05, 0) is 42.2 Å². The van der Waals surface area contributed by atoms with Crippen molar-refractivity contribution in [1.29, 1.82) is 0 Å². The van der Waals surface area contributed by atoms with Crippen LogP contribution in [0.1, 0.15) is 29.3 Å². The van der Waals surface area contributed by atoms with Crippen molar-refractivity contribution in [3.8, 4) is 11.1 Å². The molecule has 1 heterocycles. The van der Waals surface area contributed by atoms with E-state index in [1.165, 1.54) is 18.0 Å². The van der Waals surface area contributed by atoms with Gasteiger partial charge in [0.25, 0.3) is 11.8 Å². The van der Waals surface area contributed by atoms with Gasteiger partial charge in [-0.3, -0.25) is 19.7 Å². The average Bonchev–Trinajstić information content (AvgIpc) is 3.06. The van der Waals surface area contributed by atoms with Crippen LogP contribution < -0.4 is 10.8 Å². The Kier molecular flexibility index (Phi) is 8.13. The van der Waals surface area contributed by atoms with E-state index in [0.29, 0.717) is 5.56 Å². The predicted molar refractivity (Wildman–Crippen MR) is 115 cm³/mol. The highest BCUT2D eigenvalue weighted by Gasteiger charge is 2.25. The number of rotatable bonds is 7. The number of ether oxygens (including phenoxy) is 1. The zero-order valence-corrected chi connectivity index (χ0v) is 17.6. The van der Waals surface area contributed by atoms with Gasteiger partial charge in [0.2, 0.25) is 0 Å². The van der Waals surface area contributed by atoms with Crippen LogP contribution in [0.15, 0.2) is 48.5 Å². The van der Waals surface area contributed by atoms with Gasteiger partial charge in [-0.2, -0.15) is 0 Å². The monoisotopic (exact) mass is 427 g/mol. The lowest BCUT2D eigenvalue weighted by molar-refractivity contribution is -0.133. The standard InChI is InChI=1S/C23H29N3O5/c1-16(27)21(23(29)25-30)24-22(28)20-9-7-19(8-10-20)18-5-3-17(4-6-18)15-26-11-2-13-31-14-12-26/h3-10,16,21,27,30H,2,11-15H2,1H3,(H,24,28)(H,25,29)/t16?,21-/m0/s1. The normalized spacial score (nSPS) is 16.7. The summed E-state index contributed by atoms with van der Waals surface area (Å²) in [7, 11) is 0. The van der Waals surface area contributed by atoms with Gasteiger partial charge in [-0.15, -0.1) is 0 Å². The third-order valence-corrected chi connectivity index (χ3v) is 5.32. The van der Waals surface area contributed by atoms with E-state index in [1.54, 1.807) is 12.1 Å². The van der Waals surface area contributed by atoms with Crippen LogP contribution in [0.5, 0.6) is 0 Å². The van der Waals surface area contributed by atoms with Crippen LogP contribution >= 0.6 is 0 Å². The van der Waals surface area contributed by atoms with Crippen LogP contribution in [-0.4, -0.2) is 65.5 Å². The first-order valence-corrected chi connectivity index (χ1v) is 10.4. The molecule has 0 spiro atoms. The number of carbonyl (C=O) groups is 2. The molecule has 0 saturated carbocycles. The Hall–Kier alpha value is -2.78. The quantitative estimate of drug-likeness (QED) is 0.394. The summed E-state index contributed by atoms with van der Waals surface area (Å²) >= 11 is 0. The first-order chi connectivity index (χ1) is 15.0. The Bertz CT molecular complexity index is 860. The minimum Gasteiger partial charge on any atom is -0.391 e. The maximum Gasteiger partial charge on any atom is 0.268 e. The Labute approximate surface area is 181 Å². The lowest BCUT2D eigenvalue weighted by Crippen LogP contribution is -2.51. The Morgan fingerprint density at radius 3 is 2.29 bits per heavy atom. The van der Waals surface area contributed by atoms with Crippen LogP contribution in [0.2, 0.25) is 0 Å². The molecule has 0 aliphatic carbocycles. The number of hydrogen-bond donors (Lipinski definition) is 4. The fourth-order valence-corrected chi connectivity index (χ4v) is 3.53. The number of nitrogens with one attached hydrogen (secondary N) is 2. The molecule has 2 aromatic rings. The van der Waals surface area contributed by atoms with Gasteiger partial charge in [0.1, 0.15) is 6.04 Å². The van der Waals surface area contributed by atoms with E-state index in [4.69, 9.17) is 9.94 Å². The molecule has 8 nitrogen and oxygen atoms in total. The second kappa shape index (κ2) is 11.0. The number of hydrogen-bond acceptors (Lipinski definition) is 6. The van der Waals surface area contributed by atoms with E-state index in [2.05, 4.69) is 34.5 Å². The van der Waals surface area contributed by atoms with Gasteiger partial charge in [-0.25, -0.2) is 5.48 Å². The van der Waals surface area contributed by atoms with E-state index in [1.807, 2.05) is 12.1 Å². The van der Waals surface area contributed by atoms with Gasteiger partial charge in [-0.1, -0.05) is 36.4 Å². The molecule has 0 radical (unpaired) electrons. The fourth-order valence-electron chi connectivity index (χ4n) is 3.53. The number of amides is 2. The molecular weight excluding hydrogens is 398 g/mol. The molecular formula is C23H29N3O5. The number of aliphatic hydroxyl groups is 1. The van der Waals surface area contributed by atoms with Crippen LogP contribution in [0.3, 0.4) is 0 Å². The van der Waals surface area contributed by atoms with Gasteiger partial charge in [0, 0.05) is 31.8 Å². The molecule has 0 aromatic heterocycles. The van der Waals surface area contributed by atoms with Crippen molar-refractivity contribution in [1.82, 2.24) is 15.7 Å². The van der Waals surface area contributed by atoms with Crippen LogP contribution in [0, 0.1) is 0 Å². The number of hydroxylamine groups is 1. The molecule has 1 unspecified atom stereocenters.